The number of hydrogen-bond acceptors (Lipinski definition) is 5. The highest BCUT2D eigenvalue weighted by molar-refractivity contribution is 8.01. The Morgan fingerprint density at radius 1 is 1.37 bits per heavy atom. The van der Waals surface area contributed by atoms with E-state index >= 15 is 0 Å². The Hall–Kier alpha value is -0.760. The van der Waals surface area contributed by atoms with E-state index in [4.69, 9.17) is 0 Å². The Morgan fingerprint density at radius 3 is 2.78 bits per heavy atom. The van der Waals surface area contributed by atoms with Gasteiger partial charge in [0.2, 0.25) is 5.91 Å². The Labute approximate surface area is 173 Å². The zero-order valence-corrected chi connectivity index (χ0v) is 18.5. The summed E-state index contributed by atoms with van der Waals surface area (Å²) >= 11 is 1.31. The summed E-state index contributed by atoms with van der Waals surface area (Å²) in [7, 11) is -3.30. The van der Waals surface area contributed by atoms with Crippen LogP contribution >= 0.6 is 24.2 Å². The third-order valence-corrected chi connectivity index (χ3v) is 7.86. The van der Waals surface area contributed by atoms with Crippen molar-refractivity contribution in [3.8, 4) is 0 Å². The molecule has 1 aliphatic heterocycles. The summed E-state index contributed by atoms with van der Waals surface area (Å²) in [6.07, 6.45) is 3.98. The lowest BCUT2D eigenvalue weighted by atomic mass is 9.96. The Bertz CT molecular complexity index is 692. The van der Waals surface area contributed by atoms with Crippen LogP contribution < -0.4 is 10.6 Å². The van der Waals surface area contributed by atoms with Crippen molar-refractivity contribution in [1.82, 2.24) is 10.6 Å². The van der Waals surface area contributed by atoms with Crippen molar-refractivity contribution < 1.29 is 13.2 Å². The fourth-order valence-electron chi connectivity index (χ4n) is 3.14. The minimum absolute atomic E-state index is 0. The fraction of sp³-hybridized carbons (Fsp3) is 0.632. The molecule has 8 heteroatoms. The van der Waals surface area contributed by atoms with Gasteiger partial charge >= 0.3 is 0 Å². The molecule has 2 unspecified atom stereocenters. The van der Waals surface area contributed by atoms with Gasteiger partial charge in [-0.1, -0.05) is 19.1 Å². The molecule has 1 aromatic rings. The molecule has 2 atom stereocenters. The van der Waals surface area contributed by atoms with E-state index in [1.165, 1.54) is 24.6 Å². The number of rotatable bonds is 9. The van der Waals surface area contributed by atoms with Crippen LogP contribution in [-0.4, -0.2) is 45.0 Å². The van der Waals surface area contributed by atoms with E-state index in [1.807, 2.05) is 19.9 Å². The van der Waals surface area contributed by atoms with E-state index in [2.05, 4.69) is 10.6 Å². The van der Waals surface area contributed by atoms with Gasteiger partial charge in [-0.25, -0.2) is 8.42 Å². The molecule has 27 heavy (non-hydrogen) atoms. The van der Waals surface area contributed by atoms with Crippen molar-refractivity contribution in [2.24, 2.45) is 5.92 Å². The number of carbonyl (C=O) groups excluding carboxylic acids is 1. The largest absolute Gasteiger partial charge is 0.355 e. The summed E-state index contributed by atoms with van der Waals surface area (Å²) in [6, 6.07) is 6.96. The molecule has 1 saturated heterocycles. The molecule has 0 bridgehead atoms. The normalized spacial score (nSPS) is 18.4. The molecule has 154 valence electrons. The standard InChI is InChI=1S/C19H30N2O3S2.ClH/c1-3-13-26(23,24)18-9-5-4-8-17(18)25-15(2)19(22)21-12-10-16-7-6-11-20-14-16;/h4-5,8-9,15-16,20H,3,6-7,10-14H2,1-2H3,(H,21,22);1H. The maximum Gasteiger partial charge on any atom is 0.233 e. The predicted octanol–water partition coefficient (Wildman–Crippen LogP) is 3.28. The highest BCUT2D eigenvalue weighted by atomic mass is 35.5. The maximum absolute atomic E-state index is 12.4. The minimum Gasteiger partial charge on any atom is -0.355 e. The fourth-order valence-corrected chi connectivity index (χ4v) is 6.00. The Balaban J connectivity index is 0.00000364. The van der Waals surface area contributed by atoms with Gasteiger partial charge in [0.15, 0.2) is 9.84 Å². The first-order chi connectivity index (χ1) is 12.4. The van der Waals surface area contributed by atoms with Gasteiger partial charge in [-0.3, -0.25) is 4.79 Å². The van der Waals surface area contributed by atoms with Crippen LogP contribution in [0.4, 0.5) is 0 Å². The molecular weight excluding hydrogens is 404 g/mol. The monoisotopic (exact) mass is 434 g/mol. The van der Waals surface area contributed by atoms with E-state index in [0.29, 0.717) is 28.7 Å². The summed E-state index contributed by atoms with van der Waals surface area (Å²) in [5.74, 6) is 0.717. The summed E-state index contributed by atoms with van der Waals surface area (Å²) in [5, 5.41) is 6.05. The van der Waals surface area contributed by atoms with Crippen LogP contribution in [-0.2, 0) is 14.6 Å². The zero-order chi connectivity index (χ0) is 19.0. The first-order valence-electron chi connectivity index (χ1n) is 9.41. The second kappa shape index (κ2) is 11.9. The second-order valence-electron chi connectivity index (χ2n) is 6.82. The van der Waals surface area contributed by atoms with E-state index in [-0.39, 0.29) is 29.3 Å². The zero-order valence-electron chi connectivity index (χ0n) is 16.1. The predicted molar refractivity (Wildman–Crippen MR) is 115 cm³/mol. The number of thioether (sulfide) groups is 1. The molecule has 1 amide bonds. The van der Waals surface area contributed by atoms with E-state index < -0.39 is 9.84 Å². The topological polar surface area (TPSA) is 75.3 Å². The van der Waals surface area contributed by atoms with Gasteiger partial charge in [-0.15, -0.1) is 24.2 Å². The molecule has 2 N–H and O–H groups in total. The highest BCUT2D eigenvalue weighted by Crippen LogP contribution is 2.30. The van der Waals surface area contributed by atoms with Crippen molar-refractivity contribution in [2.75, 3.05) is 25.4 Å². The molecule has 0 saturated carbocycles. The summed E-state index contributed by atoms with van der Waals surface area (Å²) < 4.78 is 24.9. The van der Waals surface area contributed by atoms with Gasteiger partial charge in [0.1, 0.15) is 0 Å². The molecule has 1 fully saturated rings. The van der Waals surface area contributed by atoms with E-state index in [1.54, 1.807) is 18.2 Å². The summed E-state index contributed by atoms with van der Waals surface area (Å²) in [5.41, 5.74) is 0. The van der Waals surface area contributed by atoms with Crippen LogP contribution in [0.1, 0.15) is 39.5 Å². The molecular formula is C19H31ClN2O3S2. The molecule has 0 radical (unpaired) electrons. The van der Waals surface area contributed by atoms with E-state index in [9.17, 15) is 13.2 Å². The van der Waals surface area contributed by atoms with Crippen molar-refractivity contribution in [2.45, 2.75) is 54.6 Å². The van der Waals surface area contributed by atoms with Crippen molar-refractivity contribution in [3.63, 3.8) is 0 Å². The van der Waals surface area contributed by atoms with Crippen LogP contribution in [0.3, 0.4) is 0 Å². The van der Waals surface area contributed by atoms with Gasteiger partial charge in [0.05, 0.1) is 15.9 Å². The maximum atomic E-state index is 12.4. The number of halogens is 1. The number of benzene rings is 1. The molecule has 0 aliphatic carbocycles. The first kappa shape index (κ1) is 24.3. The van der Waals surface area contributed by atoms with Gasteiger partial charge in [-0.2, -0.15) is 0 Å². The van der Waals surface area contributed by atoms with Crippen LogP contribution in [0, 0.1) is 5.92 Å². The van der Waals surface area contributed by atoms with Crippen molar-refractivity contribution in [1.29, 1.82) is 0 Å². The van der Waals surface area contributed by atoms with Crippen LogP contribution in [0.25, 0.3) is 0 Å². The van der Waals surface area contributed by atoms with Crippen molar-refractivity contribution in [3.05, 3.63) is 24.3 Å². The first-order valence-corrected chi connectivity index (χ1v) is 11.9. The van der Waals surface area contributed by atoms with Crippen molar-refractivity contribution >= 4 is 39.9 Å². The second-order valence-corrected chi connectivity index (χ2v) is 10.3. The lowest BCUT2D eigenvalue weighted by Crippen LogP contribution is -2.35. The summed E-state index contributed by atoms with van der Waals surface area (Å²) in [6.45, 7) is 6.47. The average Bonchev–Trinajstić information content (AvgIpc) is 2.62. The van der Waals surface area contributed by atoms with Gasteiger partial charge in [-0.05, 0) is 63.7 Å². The van der Waals surface area contributed by atoms with Gasteiger partial charge in [0.25, 0.3) is 0 Å². The molecule has 0 aromatic heterocycles. The van der Waals surface area contributed by atoms with Gasteiger partial charge < -0.3 is 10.6 Å². The summed E-state index contributed by atoms with van der Waals surface area (Å²) in [4.78, 5) is 13.4. The third kappa shape index (κ3) is 7.64. The molecule has 1 aromatic carbocycles. The number of hydrogen-bond donors (Lipinski definition) is 2. The van der Waals surface area contributed by atoms with Crippen LogP contribution in [0.15, 0.2) is 34.1 Å². The minimum atomic E-state index is -3.30. The number of carbonyl (C=O) groups is 1. The average molecular weight is 435 g/mol. The molecule has 1 heterocycles. The van der Waals surface area contributed by atoms with Crippen LogP contribution in [0.2, 0.25) is 0 Å². The number of amides is 1. The Morgan fingerprint density at radius 2 is 2.11 bits per heavy atom. The molecule has 1 aliphatic rings. The number of nitrogens with one attached hydrogen (secondary N) is 2. The number of piperidine rings is 1. The Kier molecular flexibility index (Phi) is 10.7. The van der Waals surface area contributed by atoms with Crippen LogP contribution in [0.5, 0.6) is 0 Å². The third-order valence-electron chi connectivity index (χ3n) is 4.58. The molecule has 5 nitrogen and oxygen atoms in total. The van der Waals surface area contributed by atoms with E-state index in [0.717, 1.165) is 19.5 Å². The number of sulfone groups is 1. The SMILES string of the molecule is CCCS(=O)(=O)c1ccccc1SC(C)C(=O)NCCC1CCCNC1.Cl. The highest BCUT2D eigenvalue weighted by Gasteiger charge is 2.22. The smallest absolute Gasteiger partial charge is 0.233 e. The molecule has 0 spiro atoms. The van der Waals surface area contributed by atoms with Gasteiger partial charge in [0, 0.05) is 11.4 Å². The molecule has 2 rings (SSSR count). The lowest BCUT2D eigenvalue weighted by Gasteiger charge is -2.23. The quantitative estimate of drug-likeness (QED) is 0.583. The lowest BCUT2D eigenvalue weighted by molar-refractivity contribution is -0.120.